The minimum Gasteiger partial charge on any atom is -0.296 e. The maximum atomic E-state index is 12.3. The Hall–Kier alpha value is -2.10. The molecular weight excluding hydrogens is 240 g/mol. The molecule has 1 heterocycles. The molecule has 2 rings (SSSR count). The summed E-state index contributed by atoms with van der Waals surface area (Å²) in [5.74, 6) is 0. The second kappa shape index (κ2) is 4.53. The minimum atomic E-state index is -0.301. The second-order valence-corrected chi connectivity index (χ2v) is 5.07. The van der Waals surface area contributed by atoms with Gasteiger partial charge in [-0.2, -0.15) is 0 Å². The van der Waals surface area contributed by atoms with Crippen molar-refractivity contribution in [2.24, 2.45) is 14.1 Å². The van der Waals surface area contributed by atoms with Gasteiger partial charge in [0.05, 0.1) is 11.3 Å². The number of rotatable bonds is 0. The van der Waals surface area contributed by atoms with Crippen molar-refractivity contribution in [1.29, 1.82) is 0 Å². The quantitative estimate of drug-likeness (QED) is 0.713. The van der Waals surface area contributed by atoms with Crippen LogP contribution >= 0.6 is 0 Å². The van der Waals surface area contributed by atoms with Crippen molar-refractivity contribution >= 4 is 11.6 Å². The third kappa shape index (κ3) is 2.14. The van der Waals surface area contributed by atoms with Crippen LogP contribution < -0.4 is 11.2 Å². The molecule has 1 aliphatic rings. The van der Waals surface area contributed by atoms with Crippen LogP contribution in [0.5, 0.6) is 0 Å². The van der Waals surface area contributed by atoms with E-state index in [1.54, 1.807) is 7.05 Å². The smallest absolute Gasteiger partial charge is 0.296 e. The van der Waals surface area contributed by atoms with Crippen LogP contribution in [0.3, 0.4) is 0 Å². The summed E-state index contributed by atoms with van der Waals surface area (Å²) in [5, 5.41) is 0. The standard InChI is InChI=1S/C15H18N2O2/c1-9-6-10(2)8-12-13(11(3)7-9)16(4)15(19)17(5)14(12)18/h6-8H,1-5H3/b9-6-,9-7?,10-6?,10-8-,11-7-,12-8?,13-11?. The van der Waals surface area contributed by atoms with Gasteiger partial charge >= 0.3 is 5.69 Å². The average Bonchev–Trinajstić information content (AvgIpc) is 2.31. The van der Waals surface area contributed by atoms with E-state index in [2.05, 4.69) is 0 Å². The maximum Gasteiger partial charge on any atom is 0.330 e. The highest BCUT2D eigenvalue weighted by Gasteiger charge is 2.16. The SMILES string of the molecule is CC1=C/C(C)=C\c2c(n(C)c(=O)n(C)c2=O)/C(C)=C\1. The van der Waals surface area contributed by atoms with Gasteiger partial charge in [0, 0.05) is 14.1 Å². The molecule has 0 saturated heterocycles. The van der Waals surface area contributed by atoms with Gasteiger partial charge in [-0.25, -0.2) is 4.79 Å². The Balaban J connectivity index is 3.01. The summed E-state index contributed by atoms with van der Waals surface area (Å²) in [6.07, 6.45) is 5.86. The third-order valence-corrected chi connectivity index (χ3v) is 3.34. The molecule has 100 valence electrons. The largest absolute Gasteiger partial charge is 0.330 e. The predicted octanol–water partition coefficient (Wildman–Crippen LogP) is 1.85. The fourth-order valence-corrected chi connectivity index (χ4v) is 2.56. The summed E-state index contributed by atoms with van der Waals surface area (Å²) in [6, 6.07) is 0. The van der Waals surface area contributed by atoms with E-state index in [0.29, 0.717) is 11.3 Å². The Morgan fingerprint density at radius 1 is 0.842 bits per heavy atom. The minimum absolute atomic E-state index is 0.252. The Labute approximate surface area is 112 Å². The van der Waals surface area contributed by atoms with Gasteiger partial charge < -0.3 is 0 Å². The number of fused-ring (bicyclic) bond motifs is 1. The lowest BCUT2D eigenvalue weighted by Crippen LogP contribution is -2.40. The first-order valence-electron chi connectivity index (χ1n) is 6.18. The maximum absolute atomic E-state index is 12.3. The molecule has 0 aromatic carbocycles. The molecule has 0 aliphatic heterocycles. The molecule has 1 aromatic rings. The summed E-state index contributed by atoms with van der Waals surface area (Å²) in [5.41, 5.74) is 3.73. The average molecular weight is 258 g/mol. The molecule has 0 unspecified atom stereocenters. The topological polar surface area (TPSA) is 44.0 Å². The lowest BCUT2D eigenvalue weighted by atomic mass is 9.99. The predicted molar refractivity (Wildman–Crippen MR) is 78.0 cm³/mol. The Bertz CT molecular complexity index is 756. The van der Waals surface area contributed by atoms with Crippen molar-refractivity contribution in [2.45, 2.75) is 20.8 Å². The van der Waals surface area contributed by atoms with E-state index in [1.165, 1.54) is 11.6 Å². The van der Waals surface area contributed by atoms with Gasteiger partial charge in [-0.3, -0.25) is 13.9 Å². The zero-order valence-corrected chi connectivity index (χ0v) is 11.9. The summed E-state index contributed by atoms with van der Waals surface area (Å²) in [7, 11) is 3.20. The molecule has 1 aromatic heterocycles. The molecular formula is C15H18N2O2. The molecule has 0 atom stereocenters. The number of allylic oxidation sites excluding steroid dienone is 5. The first-order valence-corrected chi connectivity index (χ1v) is 6.18. The van der Waals surface area contributed by atoms with Gasteiger partial charge in [-0.15, -0.1) is 0 Å². The van der Waals surface area contributed by atoms with Crippen molar-refractivity contribution in [3.8, 4) is 0 Å². The van der Waals surface area contributed by atoms with E-state index in [0.717, 1.165) is 21.3 Å². The third-order valence-electron chi connectivity index (χ3n) is 3.34. The van der Waals surface area contributed by atoms with Gasteiger partial charge in [0.25, 0.3) is 5.56 Å². The summed E-state index contributed by atoms with van der Waals surface area (Å²) in [4.78, 5) is 24.3. The van der Waals surface area contributed by atoms with E-state index in [1.807, 2.05) is 39.0 Å². The van der Waals surface area contributed by atoms with Gasteiger partial charge in [0.1, 0.15) is 0 Å². The number of aromatic nitrogens is 2. The molecule has 19 heavy (non-hydrogen) atoms. The highest BCUT2D eigenvalue weighted by Crippen LogP contribution is 2.22. The van der Waals surface area contributed by atoms with Crippen molar-refractivity contribution in [3.63, 3.8) is 0 Å². The number of hydrogen-bond donors (Lipinski definition) is 0. The molecule has 1 aliphatic carbocycles. The van der Waals surface area contributed by atoms with E-state index in [4.69, 9.17) is 0 Å². The van der Waals surface area contributed by atoms with Crippen LogP contribution in [0.15, 0.2) is 32.9 Å². The van der Waals surface area contributed by atoms with Crippen molar-refractivity contribution in [1.82, 2.24) is 9.13 Å². The van der Waals surface area contributed by atoms with Gasteiger partial charge in [-0.05, 0) is 38.0 Å². The van der Waals surface area contributed by atoms with Crippen LogP contribution in [0.1, 0.15) is 32.0 Å². The van der Waals surface area contributed by atoms with Crippen molar-refractivity contribution in [3.05, 3.63) is 55.4 Å². The van der Waals surface area contributed by atoms with E-state index < -0.39 is 0 Å². The zero-order valence-electron chi connectivity index (χ0n) is 11.9. The van der Waals surface area contributed by atoms with Crippen molar-refractivity contribution in [2.75, 3.05) is 0 Å². The first kappa shape index (κ1) is 13.3. The lowest BCUT2D eigenvalue weighted by molar-refractivity contribution is 0.675. The molecule has 0 amide bonds. The Kier molecular flexibility index (Phi) is 3.18. The molecule has 0 bridgehead atoms. The number of hydrogen-bond acceptors (Lipinski definition) is 2. The molecule has 0 radical (unpaired) electrons. The van der Waals surface area contributed by atoms with Crippen LogP contribution in [0.4, 0.5) is 0 Å². The zero-order chi connectivity index (χ0) is 14.3. The second-order valence-electron chi connectivity index (χ2n) is 5.07. The van der Waals surface area contributed by atoms with E-state index in [9.17, 15) is 9.59 Å². The van der Waals surface area contributed by atoms with Crippen LogP contribution in [-0.4, -0.2) is 9.13 Å². The van der Waals surface area contributed by atoms with E-state index in [-0.39, 0.29) is 11.2 Å². The molecule has 4 nitrogen and oxygen atoms in total. The normalized spacial score (nSPS) is 23.1. The Morgan fingerprint density at radius 2 is 1.42 bits per heavy atom. The Morgan fingerprint density at radius 3 is 2.05 bits per heavy atom. The van der Waals surface area contributed by atoms with Crippen LogP contribution in [-0.2, 0) is 14.1 Å². The molecule has 0 fully saturated rings. The molecule has 0 saturated carbocycles. The first-order chi connectivity index (χ1) is 8.82. The van der Waals surface area contributed by atoms with Gasteiger partial charge in [0.2, 0.25) is 0 Å². The summed E-state index contributed by atoms with van der Waals surface area (Å²) >= 11 is 0. The van der Waals surface area contributed by atoms with Crippen molar-refractivity contribution < 1.29 is 0 Å². The number of nitrogens with zero attached hydrogens (tertiary/aromatic N) is 2. The van der Waals surface area contributed by atoms with Gasteiger partial charge in [-0.1, -0.05) is 17.7 Å². The molecule has 0 spiro atoms. The lowest BCUT2D eigenvalue weighted by Gasteiger charge is -2.16. The monoisotopic (exact) mass is 258 g/mol. The van der Waals surface area contributed by atoms with Crippen LogP contribution in [0, 0.1) is 0 Å². The fraction of sp³-hybridized carbons (Fsp3) is 0.333. The van der Waals surface area contributed by atoms with Crippen LogP contribution in [0.25, 0.3) is 11.6 Å². The van der Waals surface area contributed by atoms with Crippen LogP contribution in [0.2, 0.25) is 0 Å². The summed E-state index contributed by atoms with van der Waals surface area (Å²) in [6.45, 7) is 5.88. The molecule has 0 N–H and O–H groups in total. The highest BCUT2D eigenvalue weighted by atomic mass is 16.2. The fourth-order valence-electron chi connectivity index (χ4n) is 2.56. The highest BCUT2D eigenvalue weighted by molar-refractivity contribution is 5.75. The molecule has 4 heteroatoms. The van der Waals surface area contributed by atoms with Gasteiger partial charge in [0.15, 0.2) is 0 Å². The van der Waals surface area contributed by atoms with E-state index >= 15 is 0 Å². The summed E-state index contributed by atoms with van der Waals surface area (Å²) < 4.78 is 2.68.